The van der Waals surface area contributed by atoms with E-state index in [1.54, 1.807) is 14.0 Å². The van der Waals surface area contributed by atoms with Crippen molar-refractivity contribution < 1.29 is 9.53 Å². The number of anilines is 1. The third-order valence-corrected chi connectivity index (χ3v) is 5.58. The van der Waals surface area contributed by atoms with Crippen molar-refractivity contribution in [2.75, 3.05) is 31.8 Å². The van der Waals surface area contributed by atoms with Crippen LogP contribution in [0.1, 0.15) is 35.8 Å². The molecule has 0 spiro atoms. The molecule has 0 bridgehead atoms. The summed E-state index contributed by atoms with van der Waals surface area (Å²) in [7, 11) is 1.73. The van der Waals surface area contributed by atoms with Gasteiger partial charge in [-0.2, -0.15) is 0 Å². The van der Waals surface area contributed by atoms with E-state index >= 15 is 0 Å². The zero-order valence-corrected chi connectivity index (χ0v) is 13.1. The van der Waals surface area contributed by atoms with Crippen LogP contribution in [-0.4, -0.2) is 37.7 Å². The Balaban J connectivity index is 1.92. The van der Waals surface area contributed by atoms with Crippen molar-refractivity contribution in [2.45, 2.75) is 39.2 Å². The topological polar surface area (TPSA) is 32.8 Å². The lowest BCUT2D eigenvalue weighted by Gasteiger charge is -2.35. The van der Waals surface area contributed by atoms with E-state index in [1.807, 2.05) is 16.2 Å². The summed E-state index contributed by atoms with van der Waals surface area (Å²) in [6.07, 6.45) is 4.95. The molecule has 110 valence electrons. The number of ether oxygens (including phenoxy) is 1. The fourth-order valence-corrected chi connectivity index (χ4v) is 4.58. The standard InChI is InChI=1S/C15H22N2O2S/c1-11(18)17-10-16(7-8-19-2)9-13-12-5-3-4-6-14(12)20-15(13)17/h3-10H2,1-2H3. The maximum atomic E-state index is 12.0. The van der Waals surface area contributed by atoms with Gasteiger partial charge in [0.25, 0.3) is 0 Å². The number of aryl methyl sites for hydroxylation is 1. The highest BCUT2D eigenvalue weighted by Gasteiger charge is 2.31. The zero-order chi connectivity index (χ0) is 14.1. The lowest BCUT2D eigenvalue weighted by molar-refractivity contribution is -0.117. The van der Waals surface area contributed by atoms with Gasteiger partial charge in [-0.05, 0) is 31.2 Å². The molecule has 5 heteroatoms. The lowest BCUT2D eigenvalue weighted by atomic mass is 9.95. The fraction of sp³-hybridized carbons (Fsp3) is 0.667. The fourth-order valence-electron chi connectivity index (χ4n) is 3.15. The Labute approximate surface area is 124 Å². The highest BCUT2D eigenvalue weighted by Crippen LogP contribution is 2.42. The smallest absolute Gasteiger partial charge is 0.225 e. The van der Waals surface area contributed by atoms with Crippen LogP contribution in [0.3, 0.4) is 0 Å². The second-order valence-corrected chi connectivity index (χ2v) is 6.71. The van der Waals surface area contributed by atoms with E-state index in [0.29, 0.717) is 13.3 Å². The molecule has 0 saturated carbocycles. The minimum absolute atomic E-state index is 0.145. The van der Waals surface area contributed by atoms with Crippen LogP contribution in [0.15, 0.2) is 0 Å². The normalized spacial score (nSPS) is 18.8. The van der Waals surface area contributed by atoms with E-state index in [9.17, 15) is 4.79 Å². The summed E-state index contributed by atoms with van der Waals surface area (Å²) in [4.78, 5) is 17.7. The number of methoxy groups -OCH3 is 1. The summed E-state index contributed by atoms with van der Waals surface area (Å²) in [6.45, 7) is 4.93. The number of carbonyl (C=O) groups excluding carboxylic acids is 1. The lowest BCUT2D eigenvalue weighted by Crippen LogP contribution is -2.45. The van der Waals surface area contributed by atoms with Gasteiger partial charge in [0, 0.05) is 37.6 Å². The molecule has 0 aromatic carbocycles. The minimum atomic E-state index is 0.145. The third kappa shape index (κ3) is 2.50. The molecule has 0 N–H and O–H groups in total. The third-order valence-electron chi connectivity index (χ3n) is 4.22. The molecule has 1 aliphatic carbocycles. The number of fused-ring (bicyclic) bond motifs is 3. The average molecular weight is 294 g/mol. The van der Waals surface area contributed by atoms with Crippen molar-refractivity contribution in [2.24, 2.45) is 0 Å². The first-order valence-electron chi connectivity index (χ1n) is 7.33. The Morgan fingerprint density at radius 3 is 2.85 bits per heavy atom. The van der Waals surface area contributed by atoms with Gasteiger partial charge in [0.2, 0.25) is 5.91 Å². The Bertz CT molecular complexity index is 512. The van der Waals surface area contributed by atoms with Crippen molar-refractivity contribution in [1.82, 2.24) is 4.90 Å². The van der Waals surface area contributed by atoms with Gasteiger partial charge in [0.1, 0.15) is 5.00 Å². The Morgan fingerprint density at radius 1 is 1.30 bits per heavy atom. The second kappa shape index (κ2) is 5.84. The number of rotatable bonds is 3. The zero-order valence-electron chi connectivity index (χ0n) is 12.3. The number of hydrogen-bond acceptors (Lipinski definition) is 4. The summed E-state index contributed by atoms with van der Waals surface area (Å²) in [5.41, 5.74) is 2.94. The Morgan fingerprint density at radius 2 is 2.10 bits per heavy atom. The number of amides is 1. The minimum Gasteiger partial charge on any atom is -0.383 e. The largest absolute Gasteiger partial charge is 0.383 e. The molecule has 0 unspecified atom stereocenters. The quantitative estimate of drug-likeness (QED) is 0.858. The highest BCUT2D eigenvalue weighted by molar-refractivity contribution is 7.16. The molecule has 2 aliphatic rings. The molecule has 1 aliphatic heterocycles. The molecule has 0 radical (unpaired) electrons. The molecule has 1 aromatic rings. The predicted molar refractivity (Wildman–Crippen MR) is 81.3 cm³/mol. The first-order valence-corrected chi connectivity index (χ1v) is 8.15. The van der Waals surface area contributed by atoms with Gasteiger partial charge < -0.3 is 4.74 Å². The summed E-state index contributed by atoms with van der Waals surface area (Å²) in [6, 6.07) is 0. The predicted octanol–water partition coefficient (Wildman–Crippen LogP) is 2.40. The molecule has 0 atom stereocenters. The first kappa shape index (κ1) is 14.0. The van der Waals surface area contributed by atoms with Crippen molar-refractivity contribution in [3.63, 3.8) is 0 Å². The van der Waals surface area contributed by atoms with Gasteiger partial charge in [-0.15, -0.1) is 11.3 Å². The maximum absolute atomic E-state index is 12.0. The summed E-state index contributed by atoms with van der Waals surface area (Å²) < 4.78 is 5.18. The summed E-state index contributed by atoms with van der Waals surface area (Å²) in [5, 5.41) is 1.21. The number of carbonyl (C=O) groups is 1. The van der Waals surface area contributed by atoms with Gasteiger partial charge >= 0.3 is 0 Å². The first-order chi connectivity index (χ1) is 9.70. The van der Waals surface area contributed by atoms with E-state index in [-0.39, 0.29) is 5.91 Å². The molecule has 2 heterocycles. The molecular formula is C15H22N2O2S. The van der Waals surface area contributed by atoms with Crippen molar-refractivity contribution in [3.05, 3.63) is 16.0 Å². The molecule has 4 nitrogen and oxygen atoms in total. The second-order valence-electron chi connectivity index (χ2n) is 5.63. The van der Waals surface area contributed by atoms with E-state index in [4.69, 9.17) is 4.74 Å². The maximum Gasteiger partial charge on any atom is 0.225 e. The average Bonchev–Trinajstić information content (AvgIpc) is 2.82. The number of thiophene rings is 1. The molecule has 1 aromatic heterocycles. The van der Waals surface area contributed by atoms with Crippen LogP contribution in [0.5, 0.6) is 0 Å². The van der Waals surface area contributed by atoms with E-state index in [1.165, 1.54) is 46.7 Å². The molecular weight excluding hydrogens is 272 g/mol. The van der Waals surface area contributed by atoms with Crippen molar-refractivity contribution in [1.29, 1.82) is 0 Å². The van der Waals surface area contributed by atoms with Gasteiger partial charge in [0.05, 0.1) is 13.3 Å². The van der Waals surface area contributed by atoms with Crippen LogP contribution in [0, 0.1) is 0 Å². The number of nitrogens with zero attached hydrogens (tertiary/aromatic N) is 2. The van der Waals surface area contributed by atoms with Crippen LogP contribution < -0.4 is 4.90 Å². The molecule has 3 rings (SSSR count). The Kier molecular flexibility index (Phi) is 4.10. The van der Waals surface area contributed by atoms with Crippen LogP contribution in [-0.2, 0) is 28.9 Å². The summed E-state index contributed by atoms with van der Waals surface area (Å²) in [5.74, 6) is 0.145. The van der Waals surface area contributed by atoms with E-state index in [0.717, 1.165) is 13.1 Å². The van der Waals surface area contributed by atoms with Gasteiger partial charge in [-0.1, -0.05) is 0 Å². The van der Waals surface area contributed by atoms with Crippen molar-refractivity contribution in [3.8, 4) is 0 Å². The van der Waals surface area contributed by atoms with Crippen LogP contribution in [0.4, 0.5) is 5.00 Å². The summed E-state index contributed by atoms with van der Waals surface area (Å²) >= 11 is 1.85. The Hall–Kier alpha value is -0.910. The van der Waals surface area contributed by atoms with Gasteiger partial charge in [0.15, 0.2) is 0 Å². The SMILES string of the molecule is COCCN1Cc2c(sc3c2CCCC3)N(C(C)=O)C1. The van der Waals surface area contributed by atoms with E-state index in [2.05, 4.69) is 4.90 Å². The van der Waals surface area contributed by atoms with Gasteiger partial charge in [-0.25, -0.2) is 0 Å². The molecule has 20 heavy (non-hydrogen) atoms. The monoisotopic (exact) mass is 294 g/mol. The van der Waals surface area contributed by atoms with Crippen molar-refractivity contribution >= 4 is 22.2 Å². The molecule has 1 amide bonds. The van der Waals surface area contributed by atoms with Crippen LogP contribution in [0.2, 0.25) is 0 Å². The number of hydrogen-bond donors (Lipinski definition) is 0. The molecule has 0 saturated heterocycles. The molecule has 0 fully saturated rings. The van der Waals surface area contributed by atoms with Crippen LogP contribution >= 0.6 is 11.3 Å². The van der Waals surface area contributed by atoms with E-state index < -0.39 is 0 Å². The van der Waals surface area contributed by atoms with Gasteiger partial charge in [-0.3, -0.25) is 14.6 Å². The van der Waals surface area contributed by atoms with Crippen LogP contribution in [0.25, 0.3) is 0 Å². The highest BCUT2D eigenvalue weighted by atomic mass is 32.1.